The van der Waals surface area contributed by atoms with Gasteiger partial charge < -0.3 is 5.73 Å². The summed E-state index contributed by atoms with van der Waals surface area (Å²) < 4.78 is 24.8. The minimum atomic E-state index is -3.21. The number of nitrogens with two attached hydrogens (primary N) is 1. The van der Waals surface area contributed by atoms with Gasteiger partial charge in [-0.25, -0.2) is 12.7 Å². The number of nitrogens with zero attached hydrogens (tertiary/aromatic N) is 2. The van der Waals surface area contributed by atoms with Gasteiger partial charge in [0.1, 0.15) is 0 Å². The molecule has 1 rings (SSSR count). The molecule has 1 aromatic heterocycles. The Morgan fingerprint density at radius 1 is 1.44 bits per heavy atom. The molecule has 0 aromatic carbocycles. The van der Waals surface area contributed by atoms with E-state index in [2.05, 4.69) is 4.98 Å². The molecule has 16 heavy (non-hydrogen) atoms. The van der Waals surface area contributed by atoms with Crippen molar-refractivity contribution in [2.75, 3.05) is 25.9 Å². The molecule has 5 nitrogen and oxygen atoms in total. The number of hydrogen-bond donors (Lipinski definition) is 1. The first-order valence-electron chi connectivity index (χ1n) is 5.10. The lowest BCUT2D eigenvalue weighted by Crippen LogP contribution is -2.34. The van der Waals surface area contributed by atoms with Gasteiger partial charge in [-0.2, -0.15) is 0 Å². The maximum Gasteiger partial charge on any atom is 0.214 e. The van der Waals surface area contributed by atoms with Gasteiger partial charge in [-0.3, -0.25) is 4.98 Å². The van der Waals surface area contributed by atoms with Crippen LogP contribution in [0.2, 0.25) is 0 Å². The molecule has 0 spiro atoms. The Kier molecular flexibility index (Phi) is 4.85. The van der Waals surface area contributed by atoms with E-state index in [9.17, 15) is 8.42 Å². The van der Waals surface area contributed by atoms with Crippen molar-refractivity contribution in [3.8, 4) is 0 Å². The number of aryl methyl sites for hydroxylation is 1. The van der Waals surface area contributed by atoms with E-state index >= 15 is 0 Å². The fourth-order valence-electron chi connectivity index (χ4n) is 1.26. The van der Waals surface area contributed by atoms with Crippen LogP contribution in [0.4, 0.5) is 0 Å². The van der Waals surface area contributed by atoms with Crippen molar-refractivity contribution < 1.29 is 8.42 Å². The highest BCUT2D eigenvalue weighted by atomic mass is 32.2. The number of pyridine rings is 1. The van der Waals surface area contributed by atoms with Crippen molar-refractivity contribution in [2.45, 2.75) is 6.42 Å². The Morgan fingerprint density at radius 3 is 2.75 bits per heavy atom. The molecule has 1 aromatic rings. The van der Waals surface area contributed by atoms with Gasteiger partial charge in [0.15, 0.2) is 0 Å². The molecular formula is C10H17N3O2S. The van der Waals surface area contributed by atoms with E-state index in [0.29, 0.717) is 19.5 Å². The van der Waals surface area contributed by atoms with E-state index in [-0.39, 0.29) is 5.75 Å². The largest absolute Gasteiger partial charge is 0.329 e. The van der Waals surface area contributed by atoms with Crippen LogP contribution in [-0.2, 0) is 16.4 Å². The van der Waals surface area contributed by atoms with Gasteiger partial charge >= 0.3 is 0 Å². The van der Waals surface area contributed by atoms with E-state index in [0.717, 1.165) is 5.69 Å². The van der Waals surface area contributed by atoms with E-state index < -0.39 is 10.0 Å². The van der Waals surface area contributed by atoms with E-state index in [4.69, 9.17) is 5.73 Å². The standard InChI is InChI=1S/C10H17N3O2S/c1-13(8-6-11)16(14,15)9-5-10-4-2-3-7-12-10/h2-4,7H,5-6,8-9,11H2,1H3. The van der Waals surface area contributed by atoms with Crippen LogP contribution >= 0.6 is 0 Å². The third-order valence-corrected chi connectivity index (χ3v) is 4.11. The Morgan fingerprint density at radius 2 is 2.19 bits per heavy atom. The molecule has 0 saturated heterocycles. The maximum absolute atomic E-state index is 11.7. The Labute approximate surface area is 96.3 Å². The summed E-state index contributed by atoms with van der Waals surface area (Å²) in [4.78, 5) is 4.08. The van der Waals surface area contributed by atoms with Crippen LogP contribution < -0.4 is 5.73 Å². The fraction of sp³-hybridized carbons (Fsp3) is 0.500. The van der Waals surface area contributed by atoms with Crippen LogP contribution in [0, 0.1) is 0 Å². The lowest BCUT2D eigenvalue weighted by molar-refractivity contribution is 0.476. The Hall–Kier alpha value is -0.980. The second-order valence-corrected chi connectivity index (χ2v) is 5.69. The third kappa shape index (κ3) is 3.88. The quantitative estimate of drug-likeness (QED) is 0.753. The normalized spacial score (nSPS) is 11.9. The first-order chi connectivity index (χ1) is 7.56. The van der Waals surface area contributed by atoms with Gasteiger partial charge in [-0.1, -0.05) is 6.07 Å². The minimum Gasteiger partial charge on any atom is -0.329 e. The van der Waals surface area contributed by atoms with Gasteiger partial charge in [0.25, 0.3) is 0 Å². The van der Waals surface area contributed by atoms with Gasteiger partial charge in [-0.05, 0) is 12.1 Å². The Balaban J connectivity index is 2.55. The number of rotatable bonds is 6. The zero-order valence-corrected chi connectivity index (χ0v) is 10.2. The molecule has 2 N–H and O–H groups in total. The first-order valence-corrected chi connectivity index (χ1v) is 6.71. The van der Waals surface area contributed by atoms with Crippen LogP contribution in [0.15, 0.2) is 24.4 Å². The van der Waals surface area contributed by atoms with Crippen molar-refractivity contribution in [3.63, 3.8) is 0 Å². The first kappa shape index (κ1) is 13.1. The van der Waals surface area contributed by atoms with E-state index in [1.165, 1.54) is 4.31 Å². The molecule has 0 unspecified atom stereocenters. The number of aromatic nitrogens is 1. The SMILES string of the molecule is CN(CCN)S(=O)(=O)CCc1ccccn1. The summed E-state index contributed by atoms with van der Waals surface area (Å²) in [5.74, 6) is 0.0700. The van der Waals surface area contributed by atoms with Crippen molar-refractivity contribution in [1.29, 1.82) is 0 Å². The molecule has 0 atom stereocenters. The molecule has 1 heterocycles. The zero-order valence-electron chi connectivity index (χ0n) is 9.33. The summed E-state index contributed by atoms with van der Waals surface area (Å²) in [6.07, 6.45) is 2.09. The average Bonchev–Trinajstić information content (AvgIpc) is 2.28. The summed E-state index contributed by atoms with van der Waals surface area (Å²) >= 11 is 0. The van der Waals surface area contributed by atoms with Crippen molar-refractivity contribution in [1.82, 2.24) is 9.29 Å². The molecule has 0 aliphatic carbocycles. The molecule has 0 saturated carbocycles. The minimum absolute atomic E-state index is 0.0700. The van der Waals surface area contributed by atoms with Crippen molar-refractivity contribution >= 4 is 10.0 Å². The molecular weight excluding hydrogens is 226 g/mol. The van der Waals surface area contributed by atoms with Gasteiger partial charge in [0.05, 0.1) is 5.75 Å². The van der Waals surface area contributed by atoms with Crippen LogP contribution in [0.1, 0.15) is 5.69 Å². The van der Waals surface area contributed by atoms with Crippen LogP contribution in [0.5, 0.6) is 0 Å². The highest BCUT2D eigenvalue weighted by Gasteiger charge is 2.16. The van der Waals surface area contributed by atoms with Gasteiger partial charge in [0.2, 0.25) is 10.0 Å². The zero-order chi connectivity index (χ0) is 12.0. The lowest BCUT2D eigenvalue weighted by Gasteiger charge is -2.15. The average molecular weight is 243 g/mol. The highest BCUT2D eigenvalue weighted by Crippen LogP contribution is 2.02. The maximum atomic E-state index is 11.7. The number of hydrogen-bond acceptors (Lipinski definition) is 4. The summed E-state index contributed by atoms with van der Waals surface area (Å²) in [7, 11) is -1.67. The van der Waals surface area contributed by atoms with Gasteiger partial charge in [-0.15, -0.1) is 0 Å². The highest BCUT2D eigenvalue weighted by molar-refractivity contribution is 7.89. The molecule has 0 fully saturated rings. The van der Waals surface area contributed by atoms with Crippen LogP contribution in [0.25, 0.3) is 0 Å². The smallest absolute Gasteiger partial charge is 0.214 e. The molecule has 90 valence electrons. The summed E-state index contributed by atoms with van der Waals surface area (Å²) in [6.45, 7) is 0.684. The molecule has 0 amide bonds. The molecule has 0 aliphatic heterocycles. The third-order valence-electron chi connectivity index (χ3n) is 2.26. The molecule has 0 aliphatic rings. The summed E-state index contributed by atoms with van der Waals surface area (Å²) in [5.41, 5.74) is 6.10. The number of sulfonamides is 1. The predicted molar refractivity (Wildman–Crippen MR) is 63.4 cm³/mol. The Bertz CT molecular complexity index is 405. The second-order valence-electron chi connectivity index (χ2n) is 3.50. The second kappa shape index (κ2) is 5.93. The topological polar surface area (TPSA) is 76.3 Å². The van der Waals surface area contributed by atoms with Crippen LogP contribution in [-0.4, -0.2) is 43.6 Å². The van der Waals surface area contributed by atoms with Crippen molar-refractivity contribution in [2.24, 2.45) is 5.73 Å². The van der Waals surface area contributed by atoms with Gasteiger partial charge in [0, 0.05) is 38.4 Å². The van der Waals surface area contributed by atoms with E-state index in [1.54, 1.807) is 19.3 Å². The summed E-state index contributed by atoms with van der Waals surface area (Å²) in [6, 6.07) is 5.47. The predicted octanol–water partition coefficient (Wildman–Crippen LogP) is -0.156. The molecule has 0 bridgehead atoms. The monoisotopic (exact) mass is 243 g/mol. The number of likely N-dealkylation sites (N-methyl/N-ethyl adjacent to an activating group) is 1. The fourth-order valence-corrected chi connectivity index (χ4v) is 2.42. The molecule has 0 radical (unpaired) electrons. The summed E-state index contributed by atoms with van der Waals surface area (Å²) in [5, 5.41) is 0. The molecule has 6 heteroatoms. The van der Waals surface area contributed by atoms with E-state index in [1.807, 2.05) is 12.1 Å². The van der Waals surface area contributed by atoms with Crippen LogP contribution in [0.3, 0.4) is 0 Å². The lowest BCUT2D eigenvalue weighted by atomic mass is 10.3. The van der Waals surface area contributed by atoms with Crippen molar-refractivity contribution in [3.05, 3.63) is 30.1 Å².